The second-order valence-electron chi connectivity index (χ2n) is 9.24. The van der Waals surface area contributed by atoms with Gasteiger partial charge in [-0.3, -0.25) is 9.78 Å². The van der Waals surface area contributed by atoms with E-state index in [1.807, 2.05) is 24.4 Å². The average molecular weight is 532 g/mol. The highest BCUT2D eigenvalue weighted by Crippen LogP contribution is 2.30. The number of anilines is 1. The normalized spacial score (nSPS) is 14.9. The molecule has 0 saturated carbocycles. The Morgan fingerprint density at radius 3 is 2.69 bits per heavy atom. The van der Waals surface area contributed by atoms with E-state index < -0.39 is 0 Å². The van der Waals surface area contributed by atoms with Crippen molar-refractivity contribution in [2.24, 2.45) is 0 Å². The summed E-state index contributed by atoms with van der Waals surface area (Å²) in [7, 11) is 0. The number of fused-ring (bicyclic) bond motifs is 1. The number of pyridine rings is 1. The van der Waals surface area contributed by atoms with Crippen molar-refractivity contribution >= 4 is 38.6 Å². The van der Waals surface area contributed by atoms with E-state index in [2.05, 4.69) is 72.1 Å². The number of para-hydroxylation sites is 2. The summed E-state index contributed by atoms with van der Waals surface area (Å²) in [5, 5.41) is 2.90. The van der Waals surface area contributed by atoms with Gasteiger partial charge in [0.05, 0.1) is 11.0 Å². The molecule has 5 rings (SSSR count). The van der Waals surface area contributed by atoms with E-state index in [9.17, 15) is 4.79 Å². The van der Waals surface area contributed by atoms with Crippen molar-refractivity contribution in [1.82, 2.24) is 19.4 Å². The Labute approximate surface area is 214 Å². The van der Waals surface area contributed by atoms with E-state index in [4.69, 9.17) is 4.98 Å². The first-order chi connectivity index (χ1) is 17.1. The second-order valence-corrected chi connectivity index (χ2v) is 10.2. The van der Waals surface area contributed by atoms with Gasteiger partial charge in [0.25, 0.3) is 0 Å². The van der Waals surface area contributed by atoms with Gasteiger partial charge in [0, 0.05) is 41.6 Å². The molecule has 1 N–H and O–H groups in total. The molecule has 2 aromatic heterocycles. The quantitative estimate of drug-likeness (QED) is 0.313. The minimum Gasteiger partial charge on any atom is -0.326 e. The highest BCUT2D eigenvalue weighted by molar-refractivity contribution is 9.10. The summed E-state index contributed by atoms with van der Waals surface area (Å²) in [6.07, 6.45) is 7.04. The van der Waals surface area contributed by atoms with Crippen LogP contribution in [0.2, 0.25) is 0 Å². The molecule has 0 atom stereocenters. The lowest BCUT2D eigenvalue weighted by molar-refractivity contribution is -0.114. The summed E-state index contributed by atoms with van der Waals surface area (Å²) in [6, 6.07) is 18.7. The summed E-state index contributed by atoms with van der Waals surface area (Å²) in [5.41, 5.74) is 5.43. The van der Waals surface area contributed by atoms with Crippen LogP contribution in [-0.4, -0.2) is 45.0 Å². The fraction of sp³-hybridized carbons (Fsp3) is 0.321. The number of rotatable bonds is 7. The monoisotopic (exact) mass is 531 g/mol. The SMILES string of the molecule is CC(=O)Nc1cccc(C2CCN(CCCn3c(-c4cncc(Br)c4)nc4ccccc43)CC2)c1. The zero-order valence-corrected chi connectivity index (χ0v) is 21.5. The molecule has 1 aliphatic rings. The van der Waals surface area contributed by atoms with E-state index in [0.717, 1.165) is 72.5 Å². The molecule has 180 valence electrons. The van der Waals surface area contributed by atoms with E-state index in [1.165, 1.54) is 11.1 Å². The van der Waals surface area contributed by atoms with Crippen LogP contribution in [0.5, 0.6) is 0 Å². The Morgan fingerprint density at radius 1 is 1.06 bits per heavy atom. The molecule has 2 aromatic carbocycles. The maximum atomic E-state index is 11.4. The summed E-state index contributed by atoms with van der Waals surface area (Å²) < 4.78 is 3.29. The number of benzene rings is 2. The molecule has 1 amide bonds. The van der Waals surface area contributed by atoms with Crippen molar-refractivity contribution in [2.75, 3.05) is 25.0 Å². The molecule has 0 bridgehead atoms. The summed E-state index contributed by atoms with van der Waals surface area (Å²) >= 11 is 3.54. The number of piperidine rings is 1. The number of nitrogens with one attached hydrogen (secondary N) is 1. The number of hydrogen-bond acceptors (Lipinski definition) is 4. The van der Waals surface area contributed by atoms with Gasteiger partial charge in [-0.05, 0) is 96.6 Å². The highest BCUT2D eigenvalue weighted by atomic mass is 79.9. The van der Waals surface area contributed by atoms with Gasteiger partial charge in [-0.2, -0.15) is 0 Å². The molecular formula is C28H30BrN5O. The van der Waals surface area contributed by atoms with Crippen LogP contribution in [-0.2, 0) is 11.3 Å². The largest absolute Gasteiger partial charge is 0.326 e. The number of carbonyl (C=O) groups excluding carboxylic acids is 1. The number of carbonyl (C=O) groups is 1. The fourth-order valence-corrected chi connectivity index (χ4v) is 5.44. The number of aryl methyl sites for hydroxylation is 1. The van der Waals surface area contributed by atoms with Gasteiger partial charge in [-0.15, -0.1) is 0 Å². The van der Waals surface area contributed by atoms with Gasteiger partial charge < -0.3 is 14.8 Å². The average Bonchev–Trinajstić information content (AvgIpc) is 3.23. The second kappa shape index (κ2) is 10.7. The van der Waals surface area contributed by atoms with Crippen LogP contribution in [0.1, 0.15) is 37.7 Å². The van der Waals surface area contributed by atoms with Crippen molar-refractivity contribution in [3.8, 4) is 11.4 Å². The zero-order valence-electron chi connectivity index (χ0n) is 20.0. The van der Waals surface area contributed by atoms with Gasteiger partial charge in [-0.1, -0.05) is 24.3 Å². The molecule has 0 spiro atoms. The van der Waals surface area contributed by atoms with Crippen LogP contribution in [0.25, 0.3) is 22.4 Å². The first kappa shape index (κ1) is 23.7. The van der Waals surface area contributed by atoms with Crippen LogP contribution in [0, 0.1) is 0 Å². The minimum absolute atomic E-state index is 0.0260. The van der Waals surface area contributed by atoms with Crippen LogP contribution in [0.3, 0.4) is 0 Å². The number of nitrogens with zero attached hydrogens (tertiary/aromatic N) is 4. The third-order valence-electron chi connectivity index (χ3n) is 6.74. The van der Waals surface area contributed by atoms with Gasteiger partial charge in [0.15, 0.2) is 0 Å². The lowest BCUT2D eigenvalue weighted by atomic mass is 9.89. The van der Waals surface area contributed by atoms with Gasteiger partial charge >= 0.3 is 0 Å². The Kier molecular flexibility index (Phi) is 7.25. The van der Waals surface area contributed by atoms with E-state index in [1.54, 1.807) is 13.1 Å². The molecule has 1 aliphatic heterocycles. The molecule has 4 aromatic rings. The lowest BCUT2D eigenvalue weighted by Gasteiger charge is -2.32. The standard InChI is InChI=1S/C28H30BrN5O/c1-20(35)31-25-7-4-6-22(17-25)21-10-14-33(15-11-21)12-5-13-34-27-9-3-2-8-26(27)32-28(34)23-16-24(29)19-30-18-23/h2-4,6-9,16-19,21H,5,10-15H2,1H3,(H,31,35). The van der Waals surface area contributed by atoms with E-state index in [0.29, 0.717) is 5.92 Å². The molecule has 7 heteroatoms. The molecular weight excluding hydrogens is 502 g/mol. The summed E-state index contributed by atoms with van der Waals surface area (Å²) in [5.74, 6) is 1.49. The van der Waals surface area contributed by atoms with Crippen molar-refractivity contribution < 1.29 is 4.79 Å². The van der Waals surface area contributed by atoms with Gasteiger partial charge in [0.1, 0.15) is 5.82 Å². The number of amides is 1. The van der Waals surface area contributed by atoms with Crippen LogP contribution in [0.15, 0.2) is 71.5 Å². The Hall–Kier alpha value is -3.03. The van der Waals surface area contributed by atoms with Gasteiger partial charge in [0.2, 0.25) is 5.91 Å². The molecule has 6 nitrogen and oxygen atoms in total. The maximum Gasteiger partial charge on any atom is 0.221 e. The van der Waals surface area contributed by atoms with Crippen molar-refractivity contribution in [3.05, 3.63) is 77.0 Å². The molecule has 35 heavy (non-hydrogen) atoms. The maximum absolute atomic E-state index is 11.4. The summed E-state index contributed by atoms with van der Waals surface area (Å²) in [6.45, 7) is 5.74. The Balaban J connectivity index is 1.21. The fourth-order valence-electron chi connectivity index (χ4n) is 5.07. The zero-order chi connectivity index (χ0) is 24.2. The number of imidazole rings is 1. The van der Waals surface area contributed by atoms with Crippen LogP contribution < -0.4 is 5.32 Å². The third-order valence-corrected chi connectivity index (χ3v) is 7.17. The topological polar surface area (TPSA) is 63.1 Å². The molecule has 1 fully saturated rings. The number of hydrogen-bond donors (Lipinski definition) is 1. The van der Waals surface area contributed by atoms with E-state index >= 15 is 0 Å². The Morgan fingerprint density at radius 2 is 1.89 bits per heavy atom. The van der Waals surface area contributed by atoms with Crippen molar-refractivity contribution in [3.63, 3.8) is 0 Å². The number of aromatic nitrogens is 3. The molecule has 0 radical (unpaired) electrons. The van der Waals surface area contributed by atoms with Crippen molar-refractivity contribution in [2.45, 2.75) is 38.6 Å². The van der Waals surface area contributed by atoms with E-state index in [-0.39, 0.29) is 5.91 Å². The van der Waals surface area contributed by atoms with Gasteiger partial charge in [-0.25, -0.2) is 4.98 Å². The summed E-state index contributed by atoms with van der Waals surface area (Å²) in [4.78, 5) is 23.2. The Bertz CT molecular complexity index is 1330. The van der Waals surface area contributed by atoms with Crippen LogP contribution in [0.4, 0.5) is 5.69 Å². The minimum atomic E-state index is -0.0260. The third kappa shape index (κ3) is 5.63. The number of halogens is 1. The first-order valence-corrected chi connectivity index (χ1v) is 13.0. The molecule has 0 aliphatic carbocycles. The highest BCUT2D eigenvalue weighted by Gasteiger charge is 2.21. The molecule has 0 unspecified atom stereocenters. The van der Waals surface area contributed by atoms with Crippen LogP contribution >= 0.6 is 15.9 Å². The molecule has 3 heterocycles. The molecule has 1 saturated heterocycles. The first-order valence-electron chi connectivity index (χ1n) is 12.2. The predicted octanol–water partition coefficient (Wildman–Crippen LogP) is 6.09. The lowest BCUT2D eigenvalue weighted by Crippen LogP contribution is -2.34. The predicted molar refractivity (Wildman–Crippen MR) is 144 cm³/mol. The van der Waals surface area contributed by atoms with Crippen molar-refractivity contribution in [1.29, 1.82) is 0 Å². The smallest absolute Gasteiger partial charge is 0.221 e. The number of likely N-dealkylation sites (tertiary alicyclic amines) is 1.